The van der Waals surface area contributed by atoms with Crippen molar-refractivity contribution in [3.8, 4) is 0 Å². The van der Waals surface area contributed by atoms with Crippen LogP contribution in [0.3, 0.4) is 0 Å². The molecule has 1 amide bonds. The van der Waals surface area contributed by atoms with Crippen molar-refractivity contribution in [2.75, 3.05) is 5.32 Å². The lowest BCUT2D eigenvalue weighted by Crippen LogP contribution is -2.11. The van der Waals surface area contributed by atoms with Gasteiger partial charge >= 0.3 is 0 Å². The molecule has 8 heteroatoms. The van der Waals surface area contributed by atoms with Crippen LogP contribution in [0.4, 0.5) is 10.8 Å². The van der Waals surface area contributed by atoms with Crippen molar-refractivity contribution in [3.63, 3.8) is 0 Å². The first-order valence-electron chi connectivity index (χ1n) is 7.02. The van der Waals surface area contributed by atoms with Gasteiger partial charge in [-0.25, -0.2) is 0 Å². The SMILES string of the molecule is O=C(Nc1nnc(C2CCCC2)s1)c1ccc([N+](=O)[O-])cc1. The number of hydrogen-bond donors (Lipinski definition) is 1. The molecule has 0 saturated heterocycles. The fraction of sp³-hybridized carbons (Fsp3) is 0.357. The Bertz CT molecular complexity index is 692. The molecular formula is C14H14N4O3S. The zero-order valence-electron chi connectivity index (χ0n) is 11.7. The maximum atomic E-state index is 12.1. The molecule has 1 N–H and O–H groups in total. The molecular weight excluding hydrogens is 304 g/mol. The molecule has 1 aromatic carbocycles. The van der Waals surface area contributed by atoms with E-state index in [0.29, 0.717) is 16.6 Å². The van der Waals surface area contributed by atoms with Gasteiger partial charge in [0.2, 0.25) is 5.13 Å². The number of hydrogen-bond acceptors (Lipinski definition) is 6. The minimum absolute atomic E-state index is 0.0454. The van der Waals surface area contributed by atoms with Crippen LogP contribution in [0.15, 0.2) is 24.3 Å². The normalized spacial score (nSPS) is 14.9. The number of carbonyl (C=O) groups is 1. The van der Waals surface area contributed by atoms with E-state index in [0.717, 1.165) is 17.8 Å². The van der Waals surface area contributed by atoms with Gasteiger partial charge in [0.05, 0.1) is 4.92 Å². The Morgan fingerprint density at radius 3 is 2.55 bits per heavy atom. The summed E-state index contributed by atoms with van der Waals surface area (Å²) in [4.78, 5) is 22.2. The highest BCUT2D eigenvalue weighted by molar-refractivity contribution is 7.15. The number of nitro groups is 1. The van der Waals surface area contributed by atoms with E-state index >= 15 is 0 Å². The number of non-ortho nitro benzene ring substituents is 1. The highest BCUT2D eigenvalue weighted by atomic mass is 32.1. The van der Waals surface area contributed by atoms with Gasteiger partial charge < -0.3 is 0 Å². The predicted octanol–water partition coefficient (Wildman–Crippen LogP) is 3.36. The van der Waals surface area contributed by atoms with Gasteiger partial charge in [0, 0.05) is 23.6 Å². The van der Waals surface area contributed by atoms with Crippen LogP contribution in [0, 0.1) is 10.1 Å². The summed E-state index contributed by atoms with van der Waals surface area (Å²) in [6, 6.07) is 5.46. The second kappa shape index (κ2) is 6.18. The van der Waals surface area contributed by atoms with Crippen molar-refractivity contribution in [1.82, 2.24) is 10.2 Å². The van der Waals surface area contributed by atoms with E-state index in [1.165, 1.54) is 48.4 Å². The van der Waals surface area contributed by atoms with Crippen LogP contribution in [0.2, 0.25) is 0 Å². The Balaban J connectivity index is 1.67. The Kier molecular flexibility index (Phi) is 4.10. The van der Waals surface area contributed by atoms with Gasteiger partial charge in [-0.15, -0.1) is 10.2 Å². The molecule has 7 nitrogen and oxygen atoms in total. The van der Waals surface area contributed by atoms with Crippen LogP contribution in [0.25, 0.3) is 0 Å². The Labute approximate surface area is 130 Å². The molecule has 1 aromatic heterocycles. The van der Waals surface area contributed by atoms with Gasteiger partial charge in [0.15, 0.2) is 0 Å². The average Bonchev–Trinajstić information content (AvgIpc) is 3.18. The topological polar surface area (TPSA) is 98.0 Å². The van der Waals surface area contributed by atoms with Crippen molar-refractivity contribution in [3.05, 3.63) is 45.0 Å². The number of nitrogens with zero attached hydrogens (tertiary/aromatic N) is 3. The maximum Gasteiger partial charge on any atom is 0.269 e. The van der Waals surface area contributed by atoms with E-state index in [-0.39, 0.29) is 11.6 Å². The molecule has 114 valence electrons. The van der Waals surface area contributed by atoms with Crippen LogP contribution in [0.1, 0.15) is 47.0 Å². The Hall–Kier alpha value is -2.35. The summed E-state index contributed by atoms with van der Waals surface area (Å²) in [6.45, 7) is 0. The summed E-state index contributed by atoms with van der Waals surface area (Å²) < 4.78 is 0. The van der Waals surface area contributed by atoms with Gasteiger partial charge in [-0.1, -0.05) is 24.2 Å². The number of aromatic nitrogens is 2. The summed E-state index contributed by atoms with van der Waals surface area (Å²) in [5, 5.41) is 22.9. The van der Waals surface area contributed by atoms with Crippen molar-refractivity contribution >= 4 is 28.1 Å². The molecule has 2 aromatic rings. The fourth-order valence-electron chi connectivity index (χ4n) is 2.53. The molecule has 1 heterocycles. The van der Waals surface area contributed by atoms with E-state index < -0.39 is 4.92 Å². The number of nitro benzene ring substituents is 1. The van der Waals surface area contributed by atoms with E-state index in [9.17, 15) is 14.9 Å². The summed E-state index contributed by atoms with van der Waals surface area (Å²) in [7, 11) is 0. The first-order valence-corrected chi connectivity index (χ1v) is 7.84. The van der Waals surface area contributed by atoms with E-state index in [1.807, 2.05) is 0 Å². The predicted molar refractivity (Wildman–Crippen MR) is 82.2 cm³/mol. The van der Waals surface area contributed by atoms with Gasteiger partial charge in [-0.2, -0.15) is 0 Å². The number of nitrogens with one attached hydrogen (secondary N) is 1. The fourth-order valence-corrected chi connectivity index (χ4v) is 3.43. The smallest absolute Gasteiger partial charge is 0.269 e. The number of carbonyl (C=O) groups excluding carboxylic acids is 1. The maximum absolute atomic E-state index is 12.1. The molecule has 0 unspecified atom stereocenters. The molecule has 1 aliphatic carbocycles. The second-order valence-electron chi connectivity index (χ2n) is 5.18. The summed E-state index contributed by atoms with van der Waals surface area (Å²) in [5.41, 5.74) is 0.305. The average molecular weight is 318 g/mol. The van der Waals surface area contributed by atoms with Gasteiger partial charge in [0.1, 0.15) is 5.01 Å². The molecule has 3 rings (SSSR count). The molecule has 1 aliphatic rings. The Morgan fingerprint density at radius 1 is 1.23 bits per heavy atom. The molecule has 0 atom stereocenters. The zero-order chi connectivity index (χ0) is 15.5. The molecule has 1 fully saturated rings. The van der Waals surface area contributed by atoms with E-state index in [1.54, 1.807) is 0 Å². The van der Waals surface area contributed by atoms with E-state index in [2.05, 4.69) is 15.5 Å². The highest BCUT2D eigenvalue weighted by Gasteiger charge is 2.21. The van der Waals surface area contributed by atoms with Crippen LogP contribution in [-0.2, 0) is 0 Å². The summed E-state index contributed by atoms with van der Waals surface area (Å²) in [6.07, 6.45) is 4.69. The number of benzene rings is 1. The third kappa shape index (κ3) is 3.11. The zero-order valence-corrected chi connectivity index (χ0v) is 12.5. The standard InChI is InChI=1S/C14H14N4O3S/c19-12(9-5-7-11(8-6-9)18(20)21)15-14-17-16-13(22-14)10-3-1-2-4-10/h5-8,10H,1-4H2,(H,15,17,19). The minimum Gasteiger partial charge on any atom is -0.296 e. The first kappa shape index (κ1) is 14.6. The first-order chi connectivity index (χ1) is 10.6. The molecule has 0 aliphatic heterocycles. The number of anilines is 1. The third-order valence-electron chi connectivity index (χ3n) is 3.71. The quantitative estimate of drug-likeness (QED) is 0.688. The largest absolute Gasteiger partial charge is 0.296 e. The van der Waals surface area contributed by atoms with Crippen molar-refractivity contribution < 1.29 is 9.72 Å². The highest BCUT2D eigenvalue weighted by Crippen LogP contribution is 2.36. The minimum atomic E-state index is -0.500. The monoisotopic (exact) mass is 318 g/mol. The summed E-state index contributed by atoms with van der Waals surface area (Å²) in [5.74, 6) is 0.117. The molecule has 1 saturated carbocycles. The molecule has 22 heavy (non-hydrogen) atoms. The van der Waals surface area contributed by atoms with Crippen molar-refractivity contribution in [2.45, 2.75) is 31.6 Å². The Morgan fingerprint density at radius 2 is 1.91 bits per heavy atom. The van der Waals surface area contributed by atoms with Gasteiger partial charge in [0.25, 0.3) is 11.6 Å². The van der Waals surface area contributed by atoms with Gasteiger partial charge in [-0.05, 0) is 25.0 Å². The lowest BCUT2D eigenvalue weighted by Gasteiger charge is -2.02. The lowest BCUT2D eigenvalue weighted by atomic mass is 10.1. The van der Waals surface area contributed by atoms with Crippen LogP contribution < -0.4 is 5.32 Å². The summed E-state index contributed by atoms with van der Waals surface area (Å²) >= 11 is 1.40. The van der Waals surface area contributed by atoms with Crippen LogP contribution in [-0.4, -0.2) is 21.0 Å². The molecule has 0 radical (unpaired) electrons. The van der Waals surface area contributed by atoms with Crippen LogP contribution >= 0.6 is 11.3 Å². The third-order valence-corrected chi connectivity index (χ3v) is 4.71. The van der Waals surface area contributed by atoms with Crippen LogP contribution in [0.5, 0.6) is 0 Å². The van der Waals surface area contributed by atoms with E-state index in [4.69, 9.17) is 0 Å². The van der Waals surface area contributed by atoms with Crippen molar-refractivity contribution in [1.29, 1.82) is 0 Å². The molecule has 0 bridgehead atoms. The van der Waals surface area contributed by atoms with Gasteiger partial charge in [-0.3, -0.25) is 20.2 Å². The second-order valence-corrected chi connectivity index (χ2v) is 6.19. The number of amides is 1. The number of rotatable bonds is 4. The van der Waals surface area contributed by atoms with Crippen molar-refractivity contribution in [2.24, 2.45) is 0 Å². The lowest BCUT2D eigenvalue weighted by molar-refractivity contribution is -0.384. The molecule has 0 spiro atoms.